The molecule has 0 spiro atoms. The van der Waals surface area contributed by atoms with Gasteiger partial charge in [0.05, 0.1) is 6.10 Å². The Labute approximate surface area is 104 Å². The van der Waals surface area contributed by atoms with Gasteiger partial charge in [-0.05, 0) is 42.5 Å². The summed E-state index contributed by atoms with van der Waals surface area (Å²) in [4.78, 5) is 12.1. The van der Waals surface area contributed by atoms with Crippen LogP contribution in [-0.2, 0) is 7.05 Å². The Bertz CT molecular complexity index is 644. The van der Waals surface area contributed by atoms with Crippen LogP contribution in [0.3, 0.4) is 0 Å². The van der Waals surface area contributed by atoms with Crippen molar-refractivity contribution in [2.75, 3.05) is 0 Å². The molecule has 2 rings (SSSR count). The van der Waals surface area contributed by atoms with E-state index in [2.05, 4.69) is 0 Å². The number of benzene rings is 1. The first-order valence-electron chi connectivity index (χ1n) is 5.39. The van der Waals surface area contributed by atoms with Gasteiger partial charge < -0.3 is 9.67 Å². The van der Waals surface area contributed by atoms with Crippen LogP contribution in [0.5, 0.6) is 0 Å². The monoisotopic (exact) mass is 251 g/mol. The highest BCUT2D eigenvalue weighted by Crippen LogP contribution is 2.26. The van der Waals surface area contributed by atoms with Gasteiger partial charge in [0.2, 0.25) is 0 Å². The summed E-state index contributed by atoms with van der Waals surface area (Å²) in [6.45, 7) is 3.58. The standard InChI is InChI=1S/C13H14ClNO2/c1-7-4-9(8(2)16)10-6-12(14)15(3)13(17)11(10)5-7/h4-6,8,16H,1-3H3/t8-/m0/s1. The number of fused-ring (bicyclic) bond motifs is 1. The van der Waals surface area contributed by atoms with Crippen LogP contribution in [0, 0.1) is 6.92 Å². The van der Waals surface area contributed by atoms with Gasteiger partial charge in [0, 0.05) is 12.4 Å². The first-order valence-corrected chi connectivity index (χ1v) is 5.77. The maximum absolute atomic E-state index is 12.1. The minimum Gasteiger partial charge on any atom is -0.389 e. The molecule has 0 radical (unpaired) electrons. The van der Waals surface area contributed by atoms with Gasteiger partial charge in [-0.1, -0.05) is 17.7 Å². The molecule has 4 heteroatoms. The molecule has 1 atom stereocenters. The number of pyridine rings is 1. The van der Waals surface area contributed by atoms with Crippen LogP contribution in [0.1, 0.15) is 24.2 Å². The summed E-state index contributed by atoms with van der Waals surface area (Å²) in [7, 11) is 1.63. The fourth-order valence-corrected chi connectivity index (χ4v) is 2.19. The lowest BCUT2D eigenvalue weighted by Crippen LogP contribution is -2.18. The highest BCUT2D eigenvalue weighted by Gasteiger charge is 2.12. The van der Waals surface area contributed by atoms with Crippen LogP contribution in [-0.4, -0.2) is 9.67 Å². The van der Waals surface area contributed by atoms with E-state index in [1.807, 2.05) is 19.1 Å². The van der Waals surface area contributed by atoms with E-state index in [0.717, 1.165) is 16.5 Å². The van der Waals surface area contributed by atoms with Crippen molar-refractivity contribution >= 4 is 22.4 Å². The Kier molecular flexibility index (Phi) is 2.98. The predicted octanol–water partition coefficient (Wildman–Crippen LogP) is 2.55. The molecule has 1 heterocycles. The van der Waals surface area contributed by atoms with Gasteiger partial charge in [0.25, 0.3) is 5.56 Å². The van der Waals surface area contributed by atoms with E-state index in [4.69, 9.17) is 11.6 Å². The van der Waals surface area contributed by atoms with Crippen LogP contribution in [0.25, 0.3) is 10.8 Å². The summed E-state index contributed by atoms with van der Waals surface area (Å²) in [6.07, 6.45) is -0.624. The number of aryl methyl sites for hydroxylation is 1. The Morgan fingerprint density at radius 3 is 2.53 bits per heavy atom. The van der Waals surface area contributed by atoms with Gasteiger partial charge in [0.15, 0.2) is 0 Å². The third kappa shape index (κ3) is 1.96. The molecule has 0 aliphatic rings. The number of hydrogen-bond acceptors (Lipinski definition) is 2. The number of aromatic nitrogens is 1. The van der Waals surface area contributed by atoms with Crippen molar-refractivity contribution in [1.82, 2.24) is 4.57 Å². The Hall–Kier alpha value is -1.32. The molecule has 0 aliphatic carbocycles. The lowest BCUT2D eigenvalue weighted by Gasteiger charge is -2.12. The minimum atomic E-state index is -0.624. The smallest absolute Gasteiger partial charge is 0.259 e. The van der Waals surface area contributed by atoms with E-state index >= 15 is 0 Å². The molecule has 0 amide bonds. The molecule has 1 aromatic carbocycles. The van der Waals surface area contributed by atoms with Crippen molar-refractivity contribution in [3.63, 3.8) is 0 Å². The second kappa shape index (κ2) is 4.17. The van der Waals surface area contributed by atoms with Crippen LogP contribution in [0.4, 0.5) is 0 Å². The molecule has 0 saturated carbocycles. The second-order valence-electron chi connectivity index (χ2n) is 4.32. The van der Waals surface area contributed by atoms with Gasteiger partial charge in [0.1, 0.15) is 5.15 Å². The second-order valence-corrected chi connectivity index (χ2v) is 4.71. The molecule has 3 nitrogen and oxygen atoms in total. The Balaban J connectivity index is 3.00. The maximum atomic E-state index is 12.1. The number of halogens is 1. The molecular formula is C13H14ClNO2. The van der Waals surface area contributed by atoms with E-state index in [0.29, 0.717) is 10.5 Å². The Morgan fingerprint density at radius 1 is 1.29 bits per heavy atom. The van der Waals surface area contributed by atoms with Crippen LogP contribution < -0.4 is 5.56 Å². The molecule has 0 aliphatic heterocycles. The molecule has 0 saturated heterocycles. The van der Waals surface area contributed by atoms with Gasteiger partial charge in [-0.25, -0.2) is 0 Å². The molecule has 1 N–H and O–H groups in total. The number of aliphatic hydroxyl groups excluding tert-OH is 1. The first kappa shape index (κ1) is 12.1. The van der Waals surface area contributed by atoms with Gasteiger partial charge >= 0.3 is 0 Å². The topological polar surface area (TPSA) is 42.2 Å². The minimum absolute atomic E-state index is 0.141. The van der Waals surface area contributed by atoms with Gasteiger partial charge in [-0.2, -0.15) is 0 Å². The number of aliphatic hydroxyl groups is 1. The van der Waals surface area contributed by atoms with E-state index < -0.39 is 6.10 Å². The summed E-state index contributed by atoms with van der Waals surface area (Å²) >= 11 is 5.99. The predicted molar refractivity (Wildman–Crippen MR) is 69.6 cm³/mol. The average Bonchev–Trinajstić information content (AvgIpc) is 2.26. The SMILES string of the molecule is Cc1cc([C@H](C)O)c2cc(Cl)n(C)c(=O)c2c1. The maximum Gasteiger partial charge on any atom is 0.259 e. The van der Waals surface area contributed by atoms with Gasteiger partial charge in [-0.15, -0.1) is 0 Å². The summed E-state index contributed by atoms with van der Waals surface area (Å²) in [5.41, 5.74) is 1.55. The van der Waals surface area contributed by atoms with Crippen molar-refractivity contribution in [2.24, 2.45) is 7.05 Å². The summed E-state index contributed by atoms with van der Waals surface area (Å²) < 4.78 is 1.40. The van der Waals surface area contributed by atoms with E-state index in [-0.39, 0.29) is 5.56 Å². The lowest BCUT2D eigenvalue weighted by molar-refractivity contribution is 0.201. The van der Waals surface area contributed by atoms with Crippen molar-refractivity contribution in [3.8, 4) is 0 Å². The molecule has 0 unspecified atom stereocenters. The van der Waals surface area contributed by atoms with Crippen molar-refractivity contribution in [3.05, 3.63) is 44.8 Å². The average molecular weight is 252 g/mol. The zero-order valence-corrected chi connectivity index (χ0v) is 10.7. The van der Waals surface area contributed by atoms with Crippen LogP contribution in [0.2, 0.25) is 5.15 Å². The molecular weight excluding hydrogens is 238 g/mol. The van der Waals surface area contributed by atoms with Crippen molar-refractivity contribution in [2.45, 2.75) is 20.0 Å². The quantitative estimate of drug-likeness (QED) is 0.792. The first-order chi connectivity index (χ1) is 7.91. The third-order valence-electron chi connectivity index (χ3n) is 2.93. The van der Waals surface area contributed by atoms with E-state index in [9.17, 15) is 9.90 Å². The number of rotatable bonds is 1. The molecule has 17 heavy (non-hydrogen) atoms. The highest BCUT2D eigenvalue weighted by atomic mass is 35.5. The summed E-state index contributed by atoms with van der Waals surface area (Å²) in [5, 5.41) is 11.4. The van der Waals surface area contributed by atoms with Crippen molar-refractivity contribution < 1.29 is 5.11 Å². The molecule has 0 bridgehead atoms. The fraction of sp³-hybridized carbons (Fsp3) is 0.308. The van der Waals surface area contributed by atoms with E-state index in [1.165, 1.54) is 4.57 Å². The molecule has 1 aromatic heterocycles. The third-order valence-corrected chi connectivity index (χ3v) is 3.29. The molecule has 90 valence electrons. The van der Waals surface area contributed by atoms with Crippen molar-refractivity contribution in [1.29, 1.82) is 0 Å². The number of nitrogens with zero attached hydrogens (tertiary/aromatic N) is 1. The largest absolute Gasteiger partial charge is 0.389 e. The lowest BCUT2D eigenvalue weighted by atomic mass is 9.99. The number of hydrogen-bond donors (Lipinski definition) is 1. The summed E-state index contributed by atoms with van der Waals surface area (Å²) in [5.74, 6) is 0. The fourth-order valence-electron chi connectivity index (χ4n) is 2.00. The molecule has 2 aromatic rings. The zero-order valence-electron chi connectivity index (χ0n) is 9.99. The van der Waals surface area contributed by atoms with Crippen LogP contribution >= 0.6 is 11.6 Å². The molecule has 0 fully saturated rings. The summed E-state index contributed by atoms with van der Waals surface area (Å²) in [6, 6.07) is 5.42. The van der Waals surface area contributed by atoms with Crippen LogP contribution in [0.15, 0.2) is 23.0 Å². The normalized spacial score (nSPS) is 13.0. The zero-order chi connectivity index (χ0) is 12.7. The van der Waals surface area contributed by atoms with E-state index in [1.54, 1.807) is 20.0 Å². The highest BCUT2D eigenvalue weighted by molar-refractivity contribution is 6.30. The van der Waals surface area contributed by atoms with Gasteiger partial charge in [-0.3, -0.25) is 4.79 Å². The Morgan fingerprint density at radius 2 is 1.94 bits per heavy atom.